The Kier molecular flexibility index (Phi) is 11.6. The van der Waals surface area contributed by atoms with E-state index in [0.29, 0.717) is 0 Å². The van der Waals surface area contributed by atoms with Crippen LogP contribution in [0.5, 0.6) is 0 Å². The van der Waals surface area contributed by atoms with E-state index >= 15 is 0 Å². The first-order chi connectivity index (χ1) is 12.1. The molecule has 12 nitrogen and oxygen atoms in total. The molecule has 0 bridgehead atoms. The number of rotatable bonds is 12. The molecule has 0 amide bonds. The Morgan fingerprint density at radius 3 is 1.27 bits per heavy atom. The lowest BCUT2D eigenvalue weighted by atomic mass is 10.0. The number of aliphatic hydroxyl groups is 8. The van der Waals surface area contributed by atoms with Gasteiger partial charge in [-0.25, -0.2) is 0 Å². The number of thiocarbonyl (C=S) groups is 1. The average molecular weight is 402 g/mol. The van der Waals surface area contributed by atoms with Crippen LogP contribution in [0.3, 0.4) is 0 Å². The Morgan fingerprint density at radius 1 is 0.692 bits per heavy atom. The number of carbonyl (C=O) groups excluding carboxylic acids is 2. The van der Waals surface area contributed by atoms with Gasteiger partial charge in [-0.3, -0.25) is 0 Å². The highest BCUT2D eigenvalue weighted by molar-refractivity contribution is 7.79. The van der Waals surface area contributed by atoms with Gasteiger partial charge in [0.1, 0.15) is 62.0 Å². The molecule has 0 unspecified atom stereocenters. The van der Waals surface area contributed by atoms with Gasteiger partial charge in [0.15, 0.2) is 12.6 Å². The zero-order valence-electron chi connectivity index (χ0n) is 13.3. The molecule has 26 heavy (non-hydrogen) atoms. The first-order valence-corrected chi connectivity index (χ1v) is 7.62. The van der Waals surface area contributed by atoms with Crippen molar-refractivity contribution in [3.05, 3.63) is 0 Å². The van der Waals surface area contributed by atoms with Gasteiger partial charge in [-0.2, -0.15) is 0 Å². The van der Waals surface area contributed by atoms with Crippen LogP contribution in [-0.4, -0.2) is 121 Å². The van der Waals surface area contributed by atoms with Crippen molar-refractivity contribution in [2.75, 3.05) is 13.2 Å². The highest BCUT2D eigenvalue weighted by Crippen LogP contribution is 2.07. The second-order valence-electron chi connectivity index (χ2n) is 5.22. The van der Waals surface area contributed by atoms with Gasteiger partial charge in [0.05, 0.1) is 0 Å². The van der Waals surface area contributed by atoms with Gasteiger partial charge in [-0.15, -0.1) is 0 Å². The maximum Gasteiger partial charge on any atom is 0.352 e. The number of carbonyl (C=O) groups is 2. The third-order valence-corrected chi connectivity index (χ3v) is 3.45. The minimum Gasteiger partial charge on any atom is -0.454 e. The Labute approximate surface area is 152 Å². The van der Waals surface area contributed by atoms with Crippen LogP contribution in [0, 0.1) is 0 Å². The molecule has 0 rings (SSSR count). The lowest BCUT2D eigenvalue weighted by molar-refractivity contribution is -0.137. The summed E-state index contributed by atoms with van der Waals surface area (Å²) in [5, 5.41) is 74.2. The summed E-state index contributed by atoms with van der Waals surface area (Å²) in [6, 6.07) is 0. The first kappa shape index (κ1) is 24.7. The Balaban J connectivity index is 4.30. The summed E-state index contributed by atoms with van der Waals surface area (Å²) < 4.78 is 9.41. The topological polar surface area (TPSA) is 214 Å². The van der Waals surface area contributed by atoms with Crippen LogP contribution < -0.4 is 0 Å². The SMILES string of the molecule is O=C[C@@H](O)[C@@H](O)[C@@H](O)[C@@H](O)COC(=S)OC[C@@H](O)[C@@H](O)[C@H](O)[C@H](O)C=O. The molecule has 13 heteroatoms. The van der Waals surface area contributed by atoms with E-state index in [9.17, 15) is 40.2 Å². The van der Waals surface area contributed by atoms with Crippen LogP contribution >= 0.6 is 12.2 Å². The lowest BCUT2D eigenvalue weighted by Crippen LogP contribution is -2.47. The van der Waals surface area contributed by atoms with E-state index in [1.165, 1.54) is 0 Å². The monoisotopic (exact) mass is 402 g/mol. The molecule has 0 aliphatic heterocycles. The van der Waals surface area contributed by atoms with Crippen molar-refractivity contribution in [1.29, 1.82) is 0 Å². The number of ether oxygens (including phenoxy) is 2. The summed E-state index contributed by atoms with van der Waals surface area (Å²) >= 11 is 4.58. The molecule has 0 radical (unpaired) electrons. The van der Waals surface area contributed by atoms with Crippen LogP contribution in [0.1, 0.15) is 0 Å². The molecule has 0 heterocycles. The fourth-order valence-electron chi connectivity index (χ4n) is 1.57. The van der Waals surface area contributed by atoms with E-state index in [1.54, 1.807) is 0 Å². The van der Waals surface area contributed by atoms with Crippen LogP contribution in [0.15, 0.2) is 0 Å². The number of hydrogen-bond donors (Lipinski definition) is 8. The lowest BCUT2D eigenvalue weighted by Gasteiger charge is -2.25. The molecule has 0 aliphatic rings. The molecule has 0 aromatic heterocycles. The smallest absolute Gasteiger partial charge is 0.352 e. The molecule has 0 aromatic rings. The van der Waals surface area contributed by atoms with E-state index in [4.69, 9.17) is 19.7 Å². The maximum absolute atomic E-state index is 10.3. The molecule has 0 fully saturated rings. The van der Waals surface area contributed by atoms with Gasteiger partial charge in [0, 0.05) is 12.2 Å². The Morgan fingerprint density at radius 2 is 1.00 bits per heavy atom. The van der Waals surface area contributed by atoms with Crippen molar-refractivity contribution >= 4 is 30.0 Å². The first-order valence-electron chi connectivity index (χ1n) is 7.21. The number of aldehydes is 2. The van der Waals surface area contributed by atoms with Crippen LogP contribution in [0.2, 0.25) is 0 Å². The standard InChI is InChI=1S/C13H22O12S/c14-1-5(16)9(20)11(22)7(18)3-24-13(26)25-4-8(19)12(23)10(21)6(17)2-15/h1-2,5-12,16-23H,3-4H2/t5-,6-,7-,8+,9-,10-,11-,12+/m1/s1. The second-order valence-corrected chi connectivity index (χ2v) is 5.56. The maximum atomic E-state index is 10.3. The second kappa shape index (κ2) is 12.2. The van der Waals surface area contributed by atoms with E-state index in [1.807, 2.05) is 0 Å². The van der Waals surface area contributed by atoms with Crippen LogP contribution in [0.4, 0.5) is 0 Å². The molecule has 8 N–H and O–H groups in total. The van der Waals surface area contributed by atoms with Gasteiger partial charge < -0.3 is 59.9 Å². The minimum atomic E-state index is -1.97. The average Bonchev–Trinajstić information content (AvgIpc) is 2.65. The van der Waals surface area contributed by atoms with E-state index < -0.39 is 67.3 Å². The van der Waals surface area contributed by atoms with E-state index in [2.05, 4.69) is 12.2 Å². The quantitative estimate of drug-likeness (QED) is 0.113. The third-order valence-electron chi connectivity index (χ3n) is 3.21. The molecule has 0 aromatic carbocycles. The molecule has 0 saturated heterocycles. The highest BCUT2D eigenvalue weighted by Gasteiger charge is 2.32. The number of aliphatic hydroxyl groups excluding tert-OH is 8. The fraction of sp³-hybridized carbons (Fsp3) is 0.769. The predicted octanol–water partition coefficient (Wildman–Crippen LogP) is -5.41. The molecule has 152 valence electrons. The van der Waals surface area contributed by atoms with Crippen LogP contribution in [-0.2, 0) is 19.1 Å². The predicted molar refractivity (Wildman–Crippen MR) is 84.7 cm³/mol. The van der Waals surface area contributed by atoms with Crippen LogP contribution in [0.25, 0.3) is 0 Å². The summed E-state index contributed by atoms with van der Waals surface area (Å²) in [6.45, 7) is -1.43. The van der Waals surface area contributed by atoms with Crippen molar-refractivity contribution in [3.63, 3.8) is 0 Å². The molecular weight excluding hydrogens is 380 g/mol. The molecule has 0 spiro atoms. The third kappa shape index (κ3) is 7.94. The Hall–Kier alpha value is -1.29. The summed E-state index contributed by atoms with van der Waals surface area (Å²) in [4.78, 5) is 20.6. The van der Waals surface area contributed by atoms with Crippen molar-refractivity contribution in [2.45, 2.75) is 48.8 Å². The van der Waals surface area contributed by atoms with Gasteiger partial charge >= 0.3 is 5.24 Å². The van der Waals surface area contributed by atoms with Crippen molar-refractivity contribution in [1.82, 2.24) is 0 Å². The van der Waals surface area contributed by atoms with Crippen molar-refractivity contribution in [2.24, 2.45) is 0 Å². The summed E-state index contributed by atoms with van der Waals surface area (Å²) in [7, 11) is 0. The summed E-state index contributed by atoms with van der Waals surface area (Å²) in [6.07, 6.45) is -15.3. The van der Waals surface area contributed by atoms with Gasteiger partial charge in [0.25, 0.3) is 0 Å². The molecule has 0 aliphatic carbocycles. The fourth-order valence-corrected chi connectivity index (χ4v) is 1.70. The zero-order valence-corrected chi connectivity index (χ0v) is 14.1. The summed E-state index contributed by atoms with van der Waals surface area (Å²) in [5.41, 5.74) is 0. The molecular formula is C13H22O12S. The van der Waals surface area contributed by atoms with Crippen molar-refractivity contribution in [3.8, 4) is 0 Å². The molecule has 0 saturated carbocycles. The van der Waals surface area contributed by atoms with Gasteiger partial charge in [-0.1, -0.05) is 0 Å². The minimum absolute atomic E-state index is 0.0438. The zero-order chi connectivity index (χ0) is 20.4. The summed E-state index contributed by atoms with van der Waals surface area (Å²) in [5.74, 6) is 0. The number of hydrogen-bond acceptors (Lipinski definition) is 13. The highest BCUT2D eigenvalue weighted by atomic mass is 32.1. The van der Waals surface area contributed by atoms with E-state index in [0.717, 1.165) is 0 Å². The largest absolute Gasteiger partial charge is 0.454 e. The van der Waals surface area contributed by atoms with Gasteiger partial charge in [-0.05, 0) is 0 Å². The van der Waals surface area contributed by atoms with Gasteiger partial charge in [0.2, 0.25) is 0 Å². The normalized spacial score (nSPS) is 20.6. The van der Waals surface area contributed by atoms with E-state index in [-0.39, 0.29) is 12.6 Å². The molecule has 8 atom stereocenters. The van der Waals surface area contributed by atoms with Crippen molar-refractivity contribution < 1.29 is 59.9 Å². The Bertz CT molecular complexity index is 411.